The van der Waals surface area contributed by atoms with Gasteiger partial charge in [-0.25, -0.2) is 0 Å². The van der Waals surface area contributed by atoms with E-state index in [-0.39, 0.29) is 6.04 Å². The van der Waals surface area contributed by atoms with Crippen molar-refractivity contribution in [2.24, 2.45) is 5.73 Å². The fraction of sp³-hybridized carbons (Fsp3) is 0.294. The van der Waals surface area contributed by atoms with Gasteiger partial charge in [0.25, 0.3) is 0 Å². The van der Waals surface area contributed by atoms with E-state index >= 15 is 0 Å². The molecule has 2 aromatic rings. The monoisotopic (exact) mass is 305 g/mol. The minimum atomic E-state index is -0.146. The van der Waals surface area contributed by atoms with Crippen LogP contribution in [0.1, 0.15) is 22.7 Å². The molecule has 0 fully saturated rings. The topological polar surface area (TPSA) is 44.5 Å². The molecule has 1 unspecified atom stereocenters. The van der Waals surface area contributed by atoms with Crippen molar-refractivity contribution in [3.8, 4) is 11.5 Å². The number of aryl methyl sites for hydroxylation is 1. The van der Waals surface area contributed by atoms with Gasteiger partial charge < -0.3 is 15.2 Å². The number of rotatable bonds is 5. The predicted molar refractivity (Wildman–Crippen MR) is 86.4 cm³/mol. The Bertz CT molecular complexity index is 628. The van der Waals surface area contributed by atoms with E-state index in [2.05, 4.69) is 0 Å². The molecule has 0 radical (unpaired) electrons. The van der Waals surface area contributed by atoms with Gasteiger partial charge in [0.05, 0.1) is 14.2 Å². The zero-order valence-electron chi connectivity index (χ0n) is 12.5. The number of hydrogen-bond donors (Lipinski definition) is 1. The summed E-state index contributed by atoms with van der Waals surface area (Å²) in [4.78, 5) is 0. The molecule has 4 heteroatoms. The lowest BCUT2D eigenvalue weighted by Gasteiger charge is -2.16. The molecule has 1 atom stereocenters. The fourth-order valence-corrected chi connectivity index (χ4v) is 2.52. The summed E-state index contributed by atoms with van der Waals surface area (Å²) in [5, 5.41) is 0.680. The molecule has 21 heavy (non-hydrogen) atoms. The van der Waals surface area contributed by atoms with Crippen LogP contribution in [0.4, 0.5) is 0 Å². The van der Waals surface area contributed by atoms with E-state index in [1.165, 1.54) is 0 Å². The molecule has 0 aromatic heterocycles. The summed E-state index contributed by atoms with van der Waals surface area (Å²) < 4.78 is 10.7. The molecule has 0 saturated carbocycles. The molecule has 112 valence electrons. The first kappa shape index (κ1) is 15.7. The summed E-state index contributed by atoms with van der Waals surface area (Å²) in [6.45, 7) is 2.01. The first-order valence-electron chi connectivity index (χ1n) is 6.77. The van der Waals surface area contributed by atoms with E-state index in [0.717, 1.165) is 28.2 Å². The molecule has 0 aliphatic heterocycles. The maximum absolute atomic E-state index is 6.32. The Morgan fingerprint density at radius 2 is 1.76 bits per heavy atom. The minimum absolute atomic E-state index is 0.146. The summed E-state index contributed by atoms with van der Waals surface area (Å²) in [6.07, 6.45) is 0.649. The second-order valence-electron chi connectivity index (χ2n) is 5.00. The van der Waals surface area contributed by atoms with E-state index < -0.39 is 0 Å². The Morgan fingerprint density at radius 3 is 2.43 bits per heavy atom. The number of ether oxygens (including phenoxy) is 2. The normalized spacial score (nSPS) is 12.0. The molecule has 0 heterocycles. The zero-order chi connectivity index (χ0) is 15.4. The van der Waals surface area contributed by atoms with Gasteiger partial charge >= 0.3 is 0 Å². The van der Waals surface area contributed by atoms with Crippen molar-refractivity contribution in [1.82, 2.24) is 0 Å². The van der Waals surface area contributed by atoms with Crippen LogP contribution in [0.15, 0.2) is 36.4 Å². The molecule has 0 aliphatic rings. The molecule has 2 N–H and O–H groups in total. The molecule has 2 aromatic carbocycles. The largest absolute Gasteiger partial charge is 0.496 e. The molecule has 3 nitrogen and oxygen atoms in total. The SMILES string of the molecule is COc1cc(C(N)Cc2cc(Cl)ccc2OC)ccc1C. The highest BCUT2D eigenvalue weighted by atomic mass is 35.5. The highest BCUT2D eigenvalue weighted by Crippen LogP contribution is 2.29. The molecular formula is C17H20ClNO2. The maximum Gasteiger partial charge on any atom is 0.122 e. The summed E-state index contributed by atoms with van der Waals surface area (Å²) in [5.74, 6) is 1.65. The molecule has 0 amide bonds. The van der Waals surface area contributed by atoms with Gasteiger partial charge in [0.1, 0.15) is 11.5 Å². The summed E-state index contributed by atoms with van der Waals surface area (Å²) in [7, 11) is 3.31. The van der Waals surface area contributed by atoms with E-state index in [9.17, 15) is 0 Å². The lowest BCUT2D eigenvalue weighted by molar-refractivity contribution is 0.407. The van der Waals surface area contributed by atoms with Crippen molar-refractivity contribution >= 4 is 11.6 Å². The second kappa shape index (κ2) is 6.83. The van der Waals surface area contributed by atoms with Crippen molar-refractivity contribution in [3.63, 3.8) is 0 Å². The maximum atomic E-state index is 6.32. The average Bonchev–Trinajstić information content (AvgIpc) is 2.48. The lowest BCUT2D eigenvalue weighted by Crippen LogP contribution is -2.14. The first-order valence-corrected chi connectivity index (χ1v) is 7.15. The van der Waals surface area contributed by atoms with E-state index in [0.29, 0.717) is 11.4 Å². The van der Waals surface area contributed by atoms with Crippen LogP contribution < -0.4 is 15.2 Å². The van der Waals surface area contributed by atoms with Crippen LogP contribution >= 0.6 is 11.6 Å². The van der Waals surface area contributed by atoms with Crippen LogP contribution in [0.2, 0.25) is 5.02 Å². The van der Waals surface area contributed by atoms with Crippen molar-refractivity contribution < 1.29 is 9.47 Å². The Kier molecular flexibility index (Phi) is 5.10. The number of nitrogens with two attached hydrogens (primary N) is 1. The van der Waals surface area contributed by atoms with Gasteiger partial charge in [-0.15, -0.1) is 0 Å². The van der Waals surface area contributed by atoms with E-state index in [4.69, 9.17) is 26.8 Å². The number of hydrogen-bond acceptors (Lipinski definition) is 3. The molecule has 0 spiro atoms. The highest BCUT2D eigenvalue weighted by molar-refractivity contribution is 6.30. The van der Waals surface area contributed by atoms with Gasteiger partial charge in [0.2, 0.25) is 0 Å². The van der Waals surface area contributed by atoms with Crippen molar-refractivity contribution in [1.29, 1.82) is 0 Å². The number of benzene rings is 2. The highest BCUT2D eigenvalue weighted by Gasteiger charge is 2.13. The van der Waals surface area contributed by atoms with Crippen molar-refractivity contribution in [2.45, 2.75) is 19.4 Å². The smallest absolute Gasteiger partial charge is 0.122 e. The van der Waals surface area contributed by atoms with Gasteiger partial charge in [-0.2, -0.15) is 0 Å². The summed E-state index contributed by atoms with van der Waals surface area (Å²) in [6, 6.07) is 11.4. The van der Waals surface area contributed by atoms with Gasteiger partial charge in [-0.3, -0.25) is 0 Å². The molecule has 0 saturated heterocycles. The van der Waals surface area contributed by atoms with Gasteiger partial charge in [-0.05, 0) is 54.3 Å². The molecule has 2 rings (SSSR count). The standard InChI is InChI=1S/C17H20ClNO2/c1-11-4-5-12(10-17(11)21-3)15(19)9-13-8-14(18)6-7-16(13)20-2/h4-8,10,15H,9,19H2,1-3H3. The predicted octanol–water partition coefficient (Wildman–Crippen LogP) is 3.91. The quantitative estimate of drug-likeness (QED) is 0.911. The molecule has 0 bridgehead atoms. The van der Waals surface area contributed by atoms with Crippen LogP contribution in [-0.2, 0) is 6.42 Å². The van der Waals surface area contributed by atoms with Crippen molar-refractivity contribution in [3.05, 3.63) is 58.1 Å². The Hall–Kier alpha value is -1.71. The van der Waals surface area contributed by atoms with Crippen molar-refractivity contribution in [2.75, 3.05) is 14.2 Å². The molecular weight excluding hydrogens is 286 g/mol. The fourth-order valence-electron chi connectivity index (χ4n) is 2.33. The lowest BCUT2D eigenvalue weighted by atomic mass is 9.98. The average molecular weight is 306 g/mol. The second-order valence-corrected chi connectivity index (χ2v) is 5.43. The van der Waals surface area contributed by atoms with Gasteiger partial charge in [0, 0.05) is 11.1 Å². The summed E-state index contributed by atoms with van der Waals surface area (Å²) >= 11 is 6.06. The van der Waals surface area contributed by atoms with Crippen LogP contribution in [0.25, 0.3) is 0 Å². The van der Waals surface area contributed by atoms with Gasteiger partial charge in [-0.1, -0.05) is 23.7 Å². The third-order valence-corrected chi connectivity index (χ3v) is 3.78. The van der Waals surface area contributed by atoms with Crippen LogP contribution in [0, 0.1) is 6.92 Å². The van der Waals surface area contributed by atoms with Crippen LogP contribution in [0.5, 0.6) is 11.5 Å². The van der Waals surface area contributed by atoms with E-state index in [1.54, 1.807) is 14.2 Å². The van der Waals surface area contributed by atoms with Crippen LogP contribution in [0.3, 0.4) is 0 Å². The van der Waals surface area contributed by atoms with Crippen LogP contribution in [-0.4, -0.2) is 14.2 Å². The Morgan fingerprint density at radius 1 is 1.05 bits per heavy atom. The Balaban J connectivity index is 2.25. The summed E-state index contributed by atoms with van der Waals surface area (Å²) in [5.41, 5.74) is 9.44. The van der Waals surface area contributed by atoms with E-state index in [1.807, 2.05) is 43.3 Å². The first-order chi connectivity index (χ1) is 10.0. The number of halogens is 1. The van der Waals surface area contributed by atoms with Gasteiger partial charge in [0.15, 0.2) is 0 Å². The number of methoxy groups -OCH3 is 2. The minimum Gasteiger partial charge on any atom is -0.496 e. The third-order valence-electron chi connectivity index (χ3n) is 3.54. The zero-order valence-corrected chi connectivity index (χ0v) is 13.3. The third kappa shape index (κ3) is 3.69. The Labute approximate surface area is 130 Å². The molecule has 0 aliphatic carbocycles.